The molecular weight excluding hydrogens is 274 g/mol. The Kier molecular flexibility index (Phi) is 5.03. The van der Waals surface area contributed by atoms with Gasteiger partial charge in [-0.05, 0) is 43.9 Å². The van der Waals surface area contributed by atoms with Gasteiger partial charge in [-0.25, -0.2) is 4.79 Å². The molecule has 0 radical (unpaired) electrons. The van der Waals surface area contributed by atoms with Crippen LogP contribution in [0.25, 0.3) is 0 Å². The van der Waals surface area contributed by atoms with Gasteiger partial charge in [0.25, 0.3) is 5.91 Å². The molecule has 0 heterocycles. The van der Waals surface area contributed by atoms with E-state index in [-0.39, 0.29) is 18.1 Å². The third-order valence-corrected chi connectivity index (χ3v) is 3.13. The largest absolute Gasteiger partial charge is 0.490 e. The Balaban J connectivity index is 1.93. The molecule has 0 atom stereocenters. The molecule has 0 aliphatic heterocycles. The van der Waals surface area contributed by atoms with E-state index in [4.69, 9.17) is 14.6 Å². The van der Waals surface area contributed by atoms with E-state index in [1.807, 2.05) is 0 Å². The molecule has 0 spiro atoms. The summed E-state index contributed by atoms with van der Waals surface area (Å²) in [5, 5.41) is 11.8. The number of benzene rings is 1. The molecule has 6 heteroatoms. The zero-order chi connectivity index (χ0) is 15.2. The van der Waals surface area contributed by atoms with E-state index in [1.165, 1.54) is 31.0 Å². The Morgan fingerprint density at radius 1 is 1.29 bits per heavy atom. The van der Waals surface area contributed by atoms with Crippen LogP contribution in [0, 0.1) is 5.92 Å². The summed E-state index contributed by atoms with van der Waals surface area (Å²) in [6.45, 7) is 2.75. The quantitative estimate of drug-likeness (QED) is 0.762. The summed E-state index contributed by atoms with van der Waals surface area (Å²) in [6.07, 6.45) is 2.35. The Labute approximate surface area is 123 Å². The van der Waals surface area contributed by atoms with Crippen molar-refractivity contribution in [2.75, 3.05) is 19.8 Å². The van der Waals surface area contributed by atoms with Gasteiger partial charge < -0.3 is 19.9 Å². The second-order valence-electron chi connectivity index (χ2n) is 4.94. The molecule has 1 fully saturated rings. The summed E-state index contributed by atoms with van der Waals surface area (Å²) in [5.74, 6) is 0.0786. The highest BCUT2D eigenvalue weighted by molar-refractivity contribution is 5.88. The summed E-state index contributed by atoms with van der Waals surface area (Å²) in [5.41, 5.74) is 0.115. The first-order valence-corrected chi connectivity index (χ1v) is 6.99. The Hall–Kier alpha value is -2.24. The molecule has 0 aromatic heterocycles. The highest BCUT2D eigenvalue weighted by Gasteiger charge is 2.21. The van der Waals surface area contributed by atoms with Crippen LogP contribution in [-0.4, -0.2) is 36.7 Å². The Morgan fingerprint density at radius 2 is 2.05 bits per heavy atom. The van der Waals surface area contributed by atoms with Crippen LogP contribution in [-0.2, 0) is 4.79 Å². The van der Waals surface area contributed by atoms with E-state index in [2.05, 4.69) is 5.32 Å². The van der Waals surface area contributed by atoms with Gasteiger partial charge in [-0.15, -0.1) is 0 Å². The molecule has 1 aliphatic rings. The number of rotatable bonds is 8. The van der Waals surface area contributed by atoms with Crippen molar-refractivity contribution in [2.24, 2.45) is 5.92 Å². The minimum atomic E-state index is -1.04. The molecule has 2 N–H and O–H groups in total. The molecule has 21 heavy (non-hydrogen) atoms. The minimum Gasteiger partial charge on any atom is -0.490 e. The van der Waals surface area contributed by atoms with Gasteiger partial charge in [0.1, 0.15) is 0 Å². The van der Waals surface area contributed by atoms with E-state index in [1.54, 1.807) is 6.92 Å². The maximum atomic E-state index is 11.6. The minimum absolute atomic E-state index is 0.112. The number of hydrogen-bond acceptors (Lipinski definition) is 4. The summed E-state index contributed by atoms with van der Waals surface area (Å²) < 4.78 is 10.8. The van der Waals surface area contributed by atoms with E-state index in [9.17, 15) is 9.59 Å². The van der Waals surface area contributed by atoms with Gasteiger partial charge in [0.05, 0.1) is 12.2 Å². The van der Waals surface area contributed by atoms with Crippen LogP contribution < -0.4 is 14.8 Å². The maximum Gasteiger partial charge on any atom is 0.335 e. The van der Waals surface area contributed by atoms with Gasteiger partial charge in [0.15, 0.2) is 18.1 Å². The number of carboxylic acid groups (broad SMARTS) is 1. The average molecular weight is 293 g/mol. The fraction of sp³-hybridized carbons (Fsp3) is 0.467. The number of hydrogen-bond donors (Lipinski definition) is 2. The standard InChI is InChI=1S/C15H19NO5/c1-2-20-13-7-11(15(18)19)5-6-12(13)21-9-14(17)16-8-10-3-4-10/h5-7,10H,2-4,8-9H2,1H3,(H,16,17)(H,18,19). The molecule has 0 saturated heterocycles. The molecule has 114 valence electrons. The summed E-state index contributed by atoms with van der Waals surface area (Å²) in [4.78, 5) is 22.6. The van der Waals surface area contributed by atoms with Gasteiger partial charge in [0.2, 0.25) is 0 Å². The molecule has 0 bridgehead atoms. The second kappa shape index (κ2) is 6.97. The molecule has 1 aliphatic carbocycles. The fourth-order valence-corrected chi connectivity index (χ4v) is 1.80. The molecule has 1 saturated carbocycles. The number of ether oxygens (including phenoxy) is 2. The second-order valence-corrected chi connectivity index (χ2v) is 4.94. The number of amides is 1. The van der Waals surface area contributed by atoms with E-state index < -0.39 is 5.97 Å². The number of carbonyl (C=O) groups excluding carboxylic acids is 1. The molecule has 1 amide bonds. The Bertz CT molecular complexity index is 525. The molecular formula is C15H19NO5. The fourth-order valence-electron chi connectivity index (χ4n) is 1.80. The van der Waals surface area contributed by atoms with Crippen LogP contribution in [0.2, 0.25) is 0 Å². The smallest absolute Gasteiger partial charge is 0.335 e. The van der Waals surface area contributed by atoms with Crippen LogP contribution in [0.3, 0.4) is 0 Å². The van der Waals surface area contributed by atoms with Gasteiger partial charge >= 0.3 is 5.97 Å². The van der Waals surface area contributed by atoms with Gasteiger partial charge in [-0.1, -0.05) is 0 Å². The molecule has 6 nitrogen and oxygen atoms in total. The number of carboxylic acids is 1. The van der Waals surface area contributed by atoms with Gasteiger partial charge in [-0.3, -0.25) is 4.79 Å². The number of nitrogens with one attached hydrogen (secondary N) is 1. The topological polar surface area (TPSA) is 84.9 Å². The van der Waals surface area contributed by atoms with Crippen molar-refractivity contribution in [2.45, 2.75) is 19.8 Å². The first-order valence-electron chi connectivity index (χ1n) is 6.99. The molecule has 1 aromatic rings. The van der Waals surface area contributed by atoms with Crippen LogP contribution in [0.15, 0.2) is 18.2 Å². The van der Waals surface area contributed by atoms with Crippen molar-refractivity contribution >= 4 is 11.9 Å². The highest BCUT2D eigenvalue weighted by atomic mass is 16.5. The first-order chi connectivity index (χ1) is 10.1. The van der Waals surface area contributed by atoms with Crippen molar-refractivity contribution in [1.82, 2.24) is 5.32 Å². The summed E-state index contributed by atoms with van der Waals surface area (Å²) in [6, 6.07) is 4.31. The van der Waals surface area contributed by atoms with Crippen LogP contribution in [0.1, 0.15) is 30.1 Å². The predicted octanol–water partition coefficient (Wildman–Crippen LogP) is 1.69. The van der Waals surface area contributed by atoms with Crippen LogP contribution >= 0.6 is 0 Å². The number of carbonyl (C=O) groups is 2. The van der Waals surface area contributed by atoms with Crippen molar-refractivity contribution in [3.05, 3.63) is 23.8 Å². The number of aromatic carboxylic acids is 1. The monoisotopic (exact) mass is 293 g/mol. The van der Waals surface area contributed by atoms with Crippen molar-refractivity contribution < 1.29 is 24.2 Å². The summed E-state index contributed by atoms with van der Waals surface area (Å²) >= 11 is 0. The van der Waals surface area contributed by atoms with E-state index in [0.29, 0.717) is 30.6 Å². The Morgan fingerprint density at radius 3 is 2.67 bits per heavy atom. The first kappa shape index (κ1) is 15.2. The van der Waals surface area contributed by atoms with E-state index >= 15 is 0 Å². The molecule has 2 rings (SSSR count). The zero-order valence-corrected chi connectivity index (χ0v) is 11.9. The zero-order valence-electron chi connectivity index (χ0n) is 11.9. The van der Waals surface area contributed by atoms with Crippen molar-refractivity contribution in [1.29, 1.82) is 0 Å². The highest BCUT2D eigenvalue weighted by Crippen LogP contribution is 2.29. The lowest BCUT2D eigenvalue weighted by Crippen LogP contribution is -2.30. The van der Waals surface area contributed by atoms with Gasteiger partial charge in [0, 0.05) is 6.54 Å². The lowest BCUT2D eigenvalue weighted by molar-refractivity contribution is -0.123. The SMILES string of the molecule is CCOc1cc(C(=O)O)ccc1OCC(=O)NCC1CC1. The van der Waals surface area contributed by atoms with Crippen LogP contribution in [0.4, 0.5) is 0 Å². The van der Waals surface area contributed by atoms with Gasteiger partial charge in [-0.2, -0.15) is 0 Å². The van der Waals surface area contributed by atoms with Crippen molar-refractivity contribution in [3.63, 3.8) is 0 Å². The third-order valence-electron chi connectivity index (χ3n) is 3.13. The average Bonchev–Trinajstić information content (AvgIpc) is 3.28. The summed E-state index contributed by atoms with van der Waals surface area (Å²) in [7, 11) is 0. The lowest BCUT2D eigenvalue weighted by atomic mass is 10.2. The van der Waals surface area contributed by atoms with Crippen LogP contribution in [0.5, 0.6) is 11.5 Å². The third kappa shape index (κ3) is 4.66. The predicted molar refractivity (Wildman–Crippen MR) is 75.8 cm³/mol. The van der Waals surface area contributed by atoms with Crippen molar-refractivity contribution in [3.8, 4) is 11.5 Å². The van der Waals surface area contributed by atoms with E-state index in [0.717, 1.165) is 0 Å². The maximum absolute atomic E-state index is 11.6. The lowest BCUT2D eigenvalue weighted by Gasteiger charge is -2.12. The normalized spacial score (nSPS) is 13.6. The molecule has 0 unspecified atom stereocenters. The molecule has 1 aromatic carbocycles.